The Kier molecular flexibility index (Phi) is 5.42. The van der Waals surface area contributed by atoms with Crippen LogP contribution < -0.4 is 0 Å². The average Bonchev–Trinajstić information content (AvgIpc) is 1.98. The quantitative estimate of drug-likeness (QED) is 0.681. The van der Waals surface area contributed by atoms with Gasteiger partial charge in [0.2, 0.25) is 0 Å². The van der Waals surface area contributed by atoms with Gasteiger partial charge in [0, 0.05) is 6.42 Å². The van der Waals surface area contributed by atoms with Crippen molar-refractivity contribution >= 4 is 10.1 Å². The monoisotopic (exact) mass is 252 g/mol. The Morgan fingerprint density at radius 1 is 1.12 bits per heavy atom. The molecule has 0 saturated heterocycles. The van der Waals surface area contributed by atoms with Gasteiger partial charge in [-0.05, 0) is 34.1 Å². The largest absolute Gasteiger partial charge is 0.376 e. The lowest BCUT2D eigenvalue weighted by Gasteiger charge is -2.28. The van der Waals surface area contributed by atoms with Crippen molar-refractivity contribution in [3.63, 3.8) is 0 Å². The minimum atomic E-state index is -3.42. The van der Waals surface area contributed by atoms with E-state index in [0.29, 0.717) is 19.4 Å². The van der Waals surface area contributed by atoms with Crippen LogP contribution in [-0.4, -0.2) is 32.5 Å². The van der Waals surface area contributed by atoms with Crippen LogP contribution in [-0.2, 0) is 19.0 Å². The van der Waals surface area contributed by atoms with Gasteiger partial charge in [-0.3, -0.25) is 4.18 Å². The summed E-state index contributed by atoms with van der Waals surface area (Å²) in [5, 5.41) is 0. The molecular weight excluding hydrogens is 228 g/mol. The Bertz CT molecular complexity index is 302. The molecule has 16 heavy (non-hydrogen) atoms. The zero-order valence-electron chi connectivity index (χ0n) is 11.2. The third kappa shape index (κ3) is 8.07. The minimum absolute atomic E-state index is 0.209. The van der Waals surface area contributed by atoms with Crippen molar-refractivity contribution in [3.8, 4) is 0 Å². The van der Waals surface area contributed by atoms with Crippen molar-refractivity contribution in [3.05, 3.63) is 0 Å². The zero-order chi connectivity index (χ0) is 13.0. The molecule has 0 amide bonds. The van der Waals surface area contributed by atoms with Crippen LogP contribution in [0, 0.1) is 0 Å². The van der Waals surface area contributed by atoms with Gasteiger partial charge in [0.1, 0.15) is 0 Å². The molecule has 5 heteroatoms. The summed E-state index contributed by atoms with van der Waals surface area (Å²) in [6.45, 7) is 10.1. The van der Waals surface area contributed by atoms with E-state index < -0.39 is 15.7 Å². The van der Waals surface area contributed by atoms with Gasteiger partial charge >= 0.3 is 0 Å². The maximum atomic E-state index is 11.1. The summed E-state index contributed by atoms with van der Waals surface area (Å²) in [6.07, 6.45) is 2.27. The van der Waals surface area contributed by atoms with E-state index in [1.54, 1.807) is 6.92 Å². The Morgan fingerprint density at radius 3 is 1.94 bits per heavy atom. The summed E-state index contributed by atoms with van der Waals surface area (Å²) in [7, 11) is -3.42. The lowest BCUT2D eigenvalue weighted by atomic mass is 10.00. The molecule has 0 aliphatic carbocycles. The molecule has 0 rings (SSSR count). The van der Waals surface area contributed by atoms with E-state index in [4.69, 9.17) is 8.92 Å². The summed E-state index contributed by atoms with van der Waals surface area (Å²) in [4.78, 5) is 0. The predicted molar refractivity (Wildman–Crippen MR) is 64.9 cm³/mol. The van der Waals surface area contributed by atoms with Crippen molar-refractivity contribution in [1.29, 1.82) is 0 Å². The molecule has 0 N–H and O–H groups in total. The second-order valence-corrected chi connectivity index (χ2v) is 6.88. The lowest BCUT2D eigenvalue weighted by molar-refractivity contribution is -0.0325. The number of rotatable bonds is 6. The lowest BCUT2D eigenvalue weighted by Crippen LogP contribution is -2.33. The van der Waals surface area contributed by atoms with Crippen LogP contribution in [0.25, 0.3) is 0 Å². The minimum Gasteiger partial charge on any atom is -0.376 e. The highest BCUT2D eigenvalue weighted by Gasteiger charge is 2.28. The van der Waals surface area contributed by atoms with Crippen molar-refractivity contribution in [2.24, 2.45) is 0 Å². The molecule has 0 aromatic heterocycles. The third-order valence-electron chi connectivity index (χ3n) is 2.27. The SMILES string of the molecule is CCC(C)(CCOC(C)(C)C)OS(C)(=O)=O. The molecule has 0 fully saturated rings. The van der Waals surface area contributed by atoms with Gasteiger partial charge in [-0.1, -0.05) is 6.92 Å². The summed E-state index contributed by atoms with van der Waals surface area (Å²) in [5.74, 6) is 0. The van der Waals surface area contributed by atoms with Crippen molar-refractivity contribution in [1.82, 2.24) is 0 Å². The molecule has 0 radical (unpaired) electrons. The topological polar surface area (TPSA) is 52.6 Å². The highest BCUT2D eigenvalue weighted by molar-refractivity contribution is 7.86. The van der Waals surface area contributed by atoms with Crippen molar-refractivity contribution in [2.45, 2.75) is 58.7 Å². The van der Waals surface area contributed by atoms with E-state index in [-0.39, 0.29) is 5.60 Å². The molecule has 0 aliphatic heterocycles. The molecule has 98 valence electrons. The summed E-state index contributed by atoms with van der Waals surface area (Å²) in [5.41, 5.74) is -0.876. The Labute approximate surface area is 99.5 Å². The third-order valence-corrected chi connectivity index (χ3v) is 2.97. The van der Waals surface area contributed by atoms with Gasteiger partial charge in [0.15, 0.2) is 0 Å². The van der Waals surface area contributed by atoms with Gasteiger partial charge in [0.05, 0.1) is 24.1 Å². The number of hydrogen-bond donors (Lipinski definition) is 0. The van der Waals surface area contributed by atoms with E-state index in [2.05, 4.69) is 0 Å². The molecule has 0 saturated carbocycles. The second-order valence-electron chi connectivity index (χ2n) is 5.30. The van der Waals surface area contributed by atoms with Crippen LogP contribution in [0.4, 0.5) is 0 Å². The van der Waals surface area contributed by atoms with Gasteiger partial charge in [0.25, 0.3) is 10.1 Å². The van der Waals surface area contributed by atoms with E-state index in [0.717, 1.165) is 6.26 Å². The fourth-order valence-electron chi connectivity index (χ4n) is 1.22. The Hall–Kier alpha value is -0.130. The molecule has 0 spiro atoms. The predicted octanol–water partition coefficient (Wildman–Crippen LogP) is 2.34. The highest BCUT2D eigenvalue weighted by atomic mass is 32.2. The molecular formula is C11H24O4S. The summed E-state index contributed by atoms with van der Waals surface area (Å²) >= 11 is 0. The Morgan fingerprint density at radius 2 is 1.62 bits per heavy atom. The van der Waals surface area contributed by atoms with Gasteiger partial charge in [-0.15, -0.1) is 0 Å². The number of hydrogen-bond acceptors (Lipinski definition) is 4. The standard InChI is InChI=1S/C11H24O4S/c1-7-11(5,15-16(6,12)13)8-9-14-10(2,3)4/h7-9H2,1-6H3. The first-order chi connectivity index (χ1) is 6.97. The maximum absolute atomic E-state index is 11.1. The normalized spacial score (nSPS) is 17.1. The van der Waals surface area contributed by atoms with E-state index >= 15 is 0 Å². The first-order valence-corrected chi connectivity index (χ1v) is 7.34. The van der Waals surface area contributed by atoms with E-state index in [1.165, 1.54) is 0 Å². The molecule has 0 bridgehead atoms. The molecule has 0 aromatic rings. The number of ether oxygens (including phenoxy) is 1. The Balaban J connectivity index is 4.29. The summed E-state index contributed by atoms with van der Waals surface area (Å²) in [6, 6.07) is 0. The molecule has 0 aliphatic rings. The van der Waals surface area contributed by atoms with Crippen LogP contribution in [0.1, 0.15) is 47.5 Å². The van der Waals surface area contributed by atoms with Crippen LogP contribution >= 0.6 is 0 Å². The van der Waals surface area contributed by atoms with Gasteiger partial charge in [-0.2, -0.15) is 8.42 Å². The smallest absolute Gasteiger partial charge is 0.264 e. The summed E-state index contributed by atoms with van der Waals surface area (Å²) < 4.78 is 32.9. The van der Waals surface area contributed by atoms with Gasteiger partial charge in [-0.25, -0.2) is 0 Å². The van der Waals surface area contributed by atoms with Crippen LogP contribution in [0.2, 0.25) is 0 Å². The fraction of sp³-hybridized carbons (Fsp3) is 1.00. The molecule has 1 atom stereocenters. The highest BCUT2D eigenvalue weighted by Crippen LogP contribution is 2.23. The van der Waals surface area contributed by atoms with Crippen LogP contribution in [0.15, 0.2) is 0 Å². The van der Waals surface area contributed by atoms with Crippen molar-refractivity contribution in [2.75, 3.05) is 12.9 Å². The zero-order valence-corrected chi connectivity index (χ0v) is 12.0. The molecule has 4 nitrogen and oxygen atoms in total. The van der Waals surface area contributed by atoms with E-state index in [9.17, 15) is 8.42 Å². The van der Waals surface area contributed by atoms with Crippen LogP contribution in [0.3, 0.4) is 0 Å². The maximum Gasteiger partial charge on any atom is 0.264 e. The first kappa shape index (κ1) is 15.9. The average molecular weight is 252 g/mol. The van der Waals surface area contributed by atoms with Crippen molar-refractivity contribution < 1.29 is 17.3 Å². The van der Waals surface area contributed by atoms with Crippen LogP contribution in [0.5, 0.6) is 0 Å². The molecule has 0 heterocycles. The second kappa shape index (κ2) is 5.47. The molecule has 1 unspecified atom stereocenters. The fourth-order valence-corrected chi connectivity index (χ4v) is 2.15. The van der Waals surface area contributed by atoms with E-state index in [1.807, 2.05) is 27.7 Å². The first-order valence-electron chi connectivity index (χ1n) is 5.52. The van der Waals surface area contributed by atoms with Gasteiger partial charge < -0.3 is 4.74 Å². The molecule has 0 aromatic carbocycles.